The van der Waals surface area contributed by atoms with Crippen molar-refractivity contribution in [2.75, 3.05) is 33.4 Å². The lowest BCUT2D eigenvalue weighted by Gasteiger charge is -2.31. The molecule has 0 spiro atoms. The number of nitrogens with zero attached hydrogens (tertiary/aromatic N) is 1. The van der Waals surface area contributed by atoms with E-state index in [-0.39, 0.29) is 26.1 Å². The average Bonchev–Trinajstić information content (AvgIpc) is 2.37. The minimum Gasteiger partial charge on any atom is -0.481 e. The molecule has 0 aromatic rings. The Hall–Kier alpha value is -1.83. The summed E-state index contributed by atoms with van der Waals surface area (Å²) in [5.74, 6) is -1.51. The third-order valence-electron chi connectivity index (χ3n) is 2.43. The van der Waals surface area contributed by atoms with Gasteiger partial charge in [0.1, 0.15) is 0 Å². The van der Waals surface area contributed by atoms with Gasteiger partial charge in [0, 0.05) is 13.1 Å². The second-order valence-corrected chi connectivity index (χ2v) is 3.70. The van der Waals surface area contributed by atoms with Gasteiger partial charge in [0.2, 0.25) is 0 Å². The molecule has 18 heavy (non-hydrogen) atoms. The van der Waals surface area contributed by atoms with Crippen molar-refractivity contribution in [3.05, 3.63) is 0 Å². The Morgan fingerprint density at radius 2 is 2.22 bits per heavy atom. The Bertz CT molecular complexity index is 332. The van der Waals surface area contributed by atoms with E-state index < -0.39 is 24.1 Å². The first kappa shape index (κ1) is 14.2. The first-order valence-corrected chi connectivity index (χ1v) is 5.48. The molecule has 1 heterocycles. The summed E-state index contributed by atoms with van der Waals surface area (Å²) >= 11 is 0. The van der Waals surface area contributed by atoms with Crippen LogP contribution in [0.25, 0.3) is 0 Å². The van der Waals surface area contributed by atoms with Crippen LogP contribution in [0.1, 0.15) is 6.42 Å². The van der Waals surface area contributed by atoms with Gasteiger partial charge in [-0.2, -0.15) is 0 Å². The van der Waals surface area contributed by atoms with Crippen LogP contribution >= 0.6 is 0 Å². The molecule has 102 valence electrons. The summed E-state index contributed by atoms with van der Waals surface area (Å²) < 4.78 is 9.69. The van der Waals surface area contributed by atoms with Crippen LogP contribution in [-0.2, 0) is 19.1 Å². The van der Waals surface area contributed by atoms with E-state index in [1.807, 2.05) is 0 Å². The molecular formula is C10H16N2O6. The van der Waals surface area contributed by atoms with Crippen LogP contribution < -0.4 is 5.32 Å². The number of aliphatic carboxylic acids is 1. The van der Waals surface area contributed by atoms with E-state index in [0.29, 0.717) is 6.54 Å². The smallest absolute Gasteiger partial charge is 0.336 e. The van der Waals surface area contributed by atoms with Gasteiger partial charge >= 0.3 is 18.0 Å². The maximum Gasteiger partial charge on any atom is 0.336 e. The Morgan fingerprint density at radius 3 is 2.83 bits per heavy atom. The SMILES string of the molecule is COC(=O)C1CN(C(=O)NCCC(=O)O)CCO1. The number of carbonyl (C=O) groups excluding carboxylic acids is 2. The highest BCUT2D eigenvalue weighted by Gasteiger charge is 2.29. The third kappa shape index (κ3) is 4.21. The molecular weight excluding hydrogens is 244 g/mol. The largest absolute Gasteiger partial charge is 0.481 e. The van der Waals surface area contributed by atoms with Crippen molar-refractivity contribution in [2.24, 2.45) is 0 Å². The highest BCUT2D eigenvalue weighted by molar-refractivity contribution is 5.78. The maximum atomic E-state index is 11.7. The predicted octanol–water partition coefficient (Wildman–Crippen LogP) is -0.955. The van der Waals surface area contributed by atoms with Gasteiger partial charge in [-0.3, -0.25) is 4.79 Å². The fourth-order valence-corrected chi connectivity index (χ4v) is 1.50. The lowest BCUT2D eigenvalue weighted by molar-refractivity contribution is -0.158. The molecule has 8 nitrogen and oxygen atoms in total. The van der Waals surface area contributed by atoms with Crippen molar-refractivity contribution in [1.29, 1.82) is 0 Å². The first-order valence-electron chi connectivity index (χ1n) is 5.48. The second kappa shape index (κ2) is 6.80. The van der Waals surface area contributed by atoms with Crippen LogP contribution in [-0.4, -0.2) is 67.4 Å². The number of morpholine rings is 1. The number of esters is 1. The lowest BCUT2D eigenvalue weighted by Crippen LogP contribution is -2.52. The van der Waals surface area contributed by atoms with E-state index in [1.54, 1.807) is 0 Å². The quantitative estimate of drug-likeness (QED) is 0.631. The first-order chi connectivity index (χ1) is 8.54. The van der Waals surface area contributed by atoms with Gasteiger partial charge < -0.3 is 24.8 Å². The van der Waals surface area contributed by atoms with Crippen molar-refractivity contribution >= 4 is 18.0 Å². The van der Waals surface area contributed by atoms with Crippen molar-refractivity contribution < 1.29 is 29.0 Å². The average molecular weight is 260 g/mol. The molecule has 1 aliphatic rings. The van der Waals surface area contributed by atoms with Crippen LogP contribution in [0.4, 0.5) is 4.79 Å². The second-order valence-electron chi connectivity index (χ2n) is 3.70. The molecule has 1 aliphatic heterocycles. The summed E-state index contributed by atoms with van der Waals surface area (Å²) in [6, 6.07) is -0.409. The number of urea groups is 1. The summed E-state index contributed by atoms with van der Waals surface area (Å²) in [5.41, 5.74) is 0. The number of carbonyl (C=O) groups is 3. The standard InChI is InChI=1S/C10H16N2O6/c1-17-9(15)7-6-12(4-5-18-7)10(16)11-3-2-8(13)14/h7H,2-6H2,1H3,(H,11,16)(H,13,14). The summed E-state index contributed by atoms with van der Waals surface area (Å²) in [7, 11) is 1.25. The number of hydrogen-bond acceptors (Lipinski definition) is 5. The van der Waals surface area contributed by atoms with Crippen molar-refractivity contribution in [3.8, 4) is 0 Å². The molecule has 2 N–H and O–H groups in total. The van der Waals surface area contributed by atoms with Crippen molar-refractivity contribution in [3.63, 3.8) is 0 Å². The Kier molecular flexibility index (Phi) is 5.37. The van der Waals surface area contributed by atoms with Gasteiger partial charge in [-0.15, -0.1) is 0 Å². The van der Waals surface area contributed by atoms with Crippen molar-refractivity contribution in [1.82, 2.24) is 10.2 Å². The summed E-state index contributed by atoms with van der Waals surface area (Å²) in [6.07, 6.45) is -0.926. The summed E-state index contributed by atoms with van der Waals surface area (Å²) in [5, 5.41) is 10.9. The third-order valence-corrected chi connectivity index (χ3v) is 2.43. The molecule has 0 aromatic heterocycles. The van der Waals surface area contributed by atoms with Gasteiger partial charge in [0.05, 0.1) is 26.7 Å². The zero-order chi connectivity index (χ0) is 13.5. The van der Waals surface area contributed by atoms with Crippen LogP contribution in [0.2, 0.25) is 0 Å². The minimum absolute atomic E-state index is 0.0500. The number of carboxylic acids is 1. The fourth-order valence-electron chi connectivity index (χ4n) is 1.50. The molecule has 1 unspecified atom stereocenters. The molecule has 0 aromatic carbocycles. The normalized spacial score (nSPS) is 19.2. The number of methoxy groups -OCH3 is 1. The molecule has 0 radical (unpaired) electrons. The topological polar surface area (TPSA) is 105 Å². The summed E-state index contributed by atoms with van der Waals surface area (Å²) in [4.78, 5) is 34.6. The molecule has 0 aliphatic carbocycles. The van der Waals surface area contributed by atoms with Crippen LogP contribution in [0.3, 0.4) is 0 Å². The zero-order valence-corrected chi connectivity index (χ0v) is 10.0. The van der Waals surface area contributed by atoms with E-state index in [2.05, 4.69) is 10.1 Å². The van der Waals surface area contributed by atoms with E-state index in [0.717, 1.165) is 0 Å². The number of ether oxygens (including phenoxy) is 2. The number of nitrogens with one attached hydrogen (secondary N) is 1. The fraction of sp³-hybridized carbons (Fsp3) is 0.700. The van der Waals surface area contributed by atoms with Gasteiger partial charge in [0.15, 0.2) is 6.10 Å². The molecule has 2 amide bonds. The predicted molar refractivity (Wildman–Crippen MR) is 59.0 cm³/mol. The lowest BCUT2D eigenvalue weighted by atomic mass is 10.3. The van der Waals surface area contributed by atoms with Gasteiger partial charge in [-0.05, 0) is 0 Å². The maximum absolute atomic E-state index is 11.7. The van der Waals surface area contributed by atoms with Crippen molar-refractivity contribution in [2.45, 2.75) is 12.5 Å². The molecule has 1 fully saturated rings. The summed E-state index contributed by atoms with van der Waals surface area (Å²) in [6.45, 7) is 0.749. The van der Waals surface area contributed by atoms with E-state index in [9.17, 15) is 14.4 Å². The minimum atomic E-state index is -0.982. The van der Waals surface area contributed by atoms with E-state index >= 15 is 0 Å². The monoisotopic (exact) mass is 260 g/mol. The van der Waals surface area contributed by atoms with Crippen LogP contribution in [0.15, 0.2) is 0 Å². The molecule has 1 saturated heterocycles. The number of amides is 2. The molecule has 0 bridgehead atoms. The van der Waals surface area contributed by atoms with Gasteiger partial charge in [-0.25, -0.2) is 9.59 Å². The van der Waals surface area contributed by atoms with Crippen LogP contribution in [0.5, 0.6) is 0 Å². The Morgan fingerprint density at radius 1 is 1.50 bits per heavy atom. The highest BCUT2D eigenvalue weighted by Crippen LogP contribution is 2.06. The van der Waals surface area contributed by atoms with Crippen LogP contribution in [0, 0.1) is 0 Å². The molecule has 0 saturated carbocycles. The van der Waals surface area contributed by atoms with E-state index in [4.69, 9.17) is 9.84 Å². The Balaban J connectivity index is 2.38. The zero-order valence-electron chi connectivity index (χ0n) is 10.0. The van der Waals surface area contributed by atoms with E-state index in [1.165, 1.54) is 12.0 Å². The molecule has 1 rings (SSSR count). The highest BCUT2D eigenvalue weighted by atomic mass is 16.6. The number of hydrogen-bond donors (Lipinski definition) is 2. The number of rotatable bonds is 4. The number of carboxylic acid groups (broad SMARTS) is 1. The van der Waals surface area contributed by atoms with Gasteiger partial charge in [-0.1, -0.05) is 0 Å². The molecule has 8 heteroatoms. The molecule has 1 atom stereocenters. The van der Waals surface area contributed by atoms with Gasteiger partial charge in [0.25, 0.3) is 0 Å². The Labute approximate surface area is 104 Å².